The Morgan fingerprint density at radius 2 is 1.21 bits per heavy atom. The molecule has 201 valence electrons. The summed E-state index contributed by atoms with van der Waals surface area (Å²) in [4.78, 5) is 0. The second kappa shape index (κ2) is 11.7. The molecule has 4 rings (SSSR count). The summed E-state index contributed by atoms with van der Waals surface area (Å²) in [6.07, 6.45) is 2.14. The van der Waals surface area contributed by atoms with Crippen LogP contribution in [0.25, 0.3) is 5.03 Å². The number of methoxy groups -OCH3 is 1. The summed E-state index contributed by atoms with van der Waals surface area (Å²) in [5.41, 5.74) is 5.55. The van der Waals surface area contributed by atoms with Gasteiger partial charge in [-0.25, -0.2) is 0 Å². The molecule has 4 aromatic rings. The lowest BCUT2D eigenvalue weighted by Gasteiger charge is -2.27. The minimum atomic E-state index is -0.0674. The molecule has 0 amide bonds. The molecule has 0 aliphatic heterocycles. The van der Waals surface area contributed by atoms with Crippen molar-refractivity contribution in [1.29, 1.82) is 0 Å². The Morgan fingerprint density at radius 1 is 0.692 bits per heavy atom. The average Bonchev–Trinajstić information content (AvgIpc) is 2.91. The minimum absolute atomic E-state index is 0.0442. The fraction of sp³-hybridized carbons (Fsp3) is 0.278. The third-order valence-corrected chi connectivity index (χ3v) is 7.11. The van der Waals surface area contributed by atoms with Crippen molar-refractivity contribution in [3.63, 3.8) is 0 Å². The predicted octanol–water partition coefficient (Wildman–Crippen LogP) is 10.3. The number of rotatable bonds is 7. The largest absolute Gasteiger partial charge is 0.497 e. The van der Waals surface area contributed by atoms with E-state index in [1.54, 1.807) is 7.11 Å². The van der Waals surface area contributed by atoms with Gasteiger partial charge in [-0.1, -0.05) is 102 Å². The Balaban J connectivity index is 1.82. The van der Waals surface area contributed by atoms with Crippen LogP contribution in [0.4, 0.5) is 0 Å². The maximum absolute atomic E-state index is 6.98. The molecule has 0 spiro atoms. The van der Waals surface area contributed by atoms with Gasteiger partial charge in [0.25, 0.3) is 0 Å². The highest BCUT2D eigenvalue weighted by atomic mass is 35.5. The van der Waals surface area contributed by atoms with Gasteiger partial charge in [0.05, 0.1) is 7.11 Å². The third kappa shape index (κ3) is 7.34. The molecular weight excluding hydrogens is 500 g/mol. The molecule has 0 saturated carbocycles. The van der Waals surface area contributed by atoms with Crippen molar-refractivity contribution in [2.45, 2.75) is 58.3 Å². The van der Waals surface area contributed by atoms with Gasteiger partial charge in [0, 0.05) is 11.0 Å². The van der Waals surface area contributed by atoms with E-state index in [1.807, 2.05) is 66.7 Å². The molecule has 39 heavy (non-hydrogen) atoms. The molecule has 0 heterocycles. The summed E-state index contributed by atoms with van der Waals surface area (Å²) in [7, 11) is 1.67. The first-order chi connectivity index (χ1) is 18.4. The van der Waals surface area contributed by atoms with Crippen molar-refractivity contribution in [2.75, 3.05) is 7.11 Å². The second-order valence-electron chi connectivity index (χ2n) is 11.9. The lowest BCUT2D eigenvalue weighted by atomic mass is 9.77. The number of ether oxygens (including phenoxy) is 2. The highest BCUT2D eigenvalue weighted by molar-refractivity contribution is 6.48. The van der Waals surface area contributed by atoms with Crippen LogP contribution in [0.5, 0.6) is 17.2 Å². The lowest BCUT2D eigenvalue weighted by Crippen LogP contribution is -2.18. The van der Waals surface area contributed by atoms with E-state index < -0.39 is 0 Å². The SMILES string of the molecule is COc1ccc(C(Cl)=CC(c2ccc(Oc3ccccc3)cc2)c2cc(C(C)(C)C)[c]c(C(C)(C)C)c2)cc1. The Morgan fingerprint density at radius 3 is 1.72 bits per heavy atom. The zero-order chi connectivity index (χ0) is 28.2. The molecule has 2 nitrogen and oxygen atoms in total. The molecule has 0 saturated heterocycles. The van der Waals surface area contributed by atoms with E-state index in [-0.39, 0.29) is 16.7 Å². The summed E-state index contributed by atoms with van der Waals surface area (Å²) in [5, 5.41) is 0.690. The van der Waals surface area contributed by atoms with Gasteiger partial charge < -0.3 is 9.47 Å². The quantitative estimate of drug-likeness (QED) is 0.233. The molecule has 0 fully saturated rings. The van der Waals surface area contributed by atoms with Gasteiger partial charge in [-0.05, 0) is 93.2 Å². The lowest BCUT2D eigenvalue weighted by molar-refractivity contribution is 0.415. The molecule has 0 N–H and O–H groups in total. The van der Waals surface area contributed by atoms with E-state index in [1.165, 1.54) is 16.7 Å². The van der Waals surface area contributed by atoms with Crippen molar-refractivity contribution >= 4 is 16.6 Å². The van der Waals surface area contributed by atoms with Gasteiger partial charge in [0.2, 0.25) is 0 Å². The normalized spacial score (nSPS) is 13.2. The molecule has 0 bridgehead atoms. The maximum Gasteiger partial charge on any atom is 0.127 e. The van der Waals surface area contributed by atoms with E-state index in [0.29, 0.717) is 5.03 Å². The van der Waals surface area contributed by atoms with E-state index in [0.717, 1.165) is 28.4 Å². The number of hydrogen-bond donors (Lipinski definition) is 0. The third-order valence-electron chi connectivity index (χ3n) is 6.76. The van der Waals surface area contributed by atoms with E-state index in [4.69, 9.17) is 21.1 Å². The van der Waals surface area contributed by atoms with Crippen LogP contribution >= 0.6 is 11.6 Å². The van der Waals surface area contributed by atoms with Crippen LogP contribution in [0, 0.1) is 6.07 Å². The smallest absolute Gasteiger partial charge is 0.127 e. The fourth-order valence-electron chi connectivity index (χ4n) is 4.33. The molecule has 1 radical (unpaired) electrons. The topological polar surface area (TPSA) is 18.5 Å². The Labute approximate surface area is 239 Å². The number of allylic oxidation sites excluding steroid dienone is 1. The molecule has 3 heteroatoms. The standard InChI is InChI=1S/C36H38ClO2/c1-35(2,3)28-21-27(22-29(23-28)36(4,5)6)33(24-34(37)26-15-17-30(38-7)18-16-26)25-13-19-32(20-14-25)39-31-11-9-8-10-12-31/h8-22,24,33H,1-7H3. The highest BCUT2D eigenvalue weighted by Crippen LogP contribution is 2.38. The maximum atomic E-state index is 6.98. The van der Waals surface area contributed by atoms with Crippen molar-refractivity contribution in [1.82, 2.24) is 0 Å². The summed E-state index contributed by atoms with van der Waals surface area (Å²) < 4.78 is 11.4. The summed E-state index contributed by atoms with van der Waals surface area (Å²) in [6.45, 7) is 13.4. The predicted molar refractivity (Wildman–Crippen MR) is 164 cm³/mol. The number of benzene rings is 4. The van der Waals surface area contributed by atoms with Gasteiger partial charge in [-0.15, -0.1) is 0 Å². The van der Waals surface area contributed by atoms with Gasteiger partial charge in [-0.2, -0.15) is 0 Å². The Hall–Kier alpha value is -3.49. The molecule has 4 aromatic carbocycles. The van der Waals surface area contributed by atoms with Crippen LogP contribution < -0.4 is 9.47 Å². The van der Waals surface area contributed by atoms with Crippen molar-refractivity contribution in [3.8, 4) is 17.2 Å². The van der Waals surface area contributed by atoms with Gasteiger partial charge in [0.15, 0.2) is 0 Å². The first-order valence-corrected chi connectivity index (χ1v) is 13.7. The summed E-state index contributed by atoms with van der Waals surface area (Å²) in [6, 6.07) is 34.3. The van der Waals surface area contributed by atoms with Crippen LogP contribution in [0.2, 0.25) is 0 Å². The van der Waals surface area contributed by atoms with Gasteiger partial charge in [-0.3, -0.25) is 0 Å². The zero-order valence-electron chi connectivity index (χ0n) is 24.0. The zero-order valence-corrected chi connectivity index (χ0v) is 24.8. The van der Waals surface area contributed by atoms with Crippen LogP contribution in [-0.2, 0) is 10.8 Å². The minimum Gasteiger partial charge on any atom is -0.497 e. The van der Waals surface area contributed by atoms with Crippen LogP contribution in [0.15, 0.2) is 97.1 Å². The summed E-state index contributed by atoms with van der Waals surface area (Å²) >= 11 is 6.98. The van der Waals surface area contributed by atoms with Crippen molar-refractivity contribution < 1.29 is 9.47 Å². The molecule has 1 atom stereocenters. The fourth-order valence-corrected chi connectivity index (χ4v) is 4.58. The van der Waals surface area contributed by atoms with E-state index >= 15 is 0 Å². The molecule has 0 aliphatic carbocycles. The Kier molecular flexibility index (Phi) is 8.57. The van der Waals surface area contributed by atoms with Crippen LogP contribution in [-0.4, -0.2) is 7.11 Å². The first-order valence-electron chi connectivity index (χ1n) is 13.4. The van der Waals surface area contributed by atoms with Crippen molar-refractivity contribution in [3.05, 3.63) is 131 Å². The molecular formula is C36H38ClO2. The molecule has 0 aliphatic rings. The highest BCUT2D eigenvalue weighted by Gasteiger charge is 2.24. The Bertz CT molecular complexity index is 1370. The van der Waals surface area contributed by atoms with E-state index in [9.17, 15) is 0 Å². The average molecular weight is 538 g/mol. The molecule has 1 unspecified atom stereocenters. The summed E-state index contributed by atoms with van der Waals surface area (Å²) in [5.74, 6) is 2.34. The molecule has 0 aromatic heterocycles. The van der Waals surface area contributed by atoms with Crippen LogP contribution in [0.1, 0.15) is 75.3 Å². The van der Waals surface area contributed by atoms with E-state index in [2.05, 4.69) is 78.0 Å². The number of para-hydroxylation sites is 1. The first kappa shape index (κ1) is 28.5. The van der Waals surface area contributed by atoms with Gasteiger partial charge >= 0.3 is 0 Å². The van der Waals surface area contributed by atoms with Gasteiger partial charge in [0.1, 0.15) is 17.2 Å². The second-order valence-corrected chi connectivity index (χ2v) is 12.4. The number of halogens is 1. The van der Waals surface area contributed by atoms with Crippen LogP contribution in [0.3, 0.4) is 0 Å². The number of hydrogen-bond acceptors (Lipinski definition) is 2. The monoisotopic (exact) mass is 537 g/mol. The van der Waals surface area contributed by atoms with Crippen molar-refractivity contribution in [2.24, 2.45) is 0 Å².